The molecule has 1 atom stereocenters. The average Bonchev–Trinajstić information content (AvgIpc) is 3.03. The second kappa shape index (κ2) is 7.79. The molecule has 1 aliphatic rings. The summed E-state index contributed by atoms with van der Waals surface area (Å²) in [4.78, 5) is 25.1. The van der Waals surface area contributed by atoms with Crippen molar-refractivity contribution in [1.82, 2.24) is 24.7 Å². The molecule has 4 rings (SSSR count). The van der Waals surface area contributed by atoms with Gasteiger partial charge >= 0.3 is 0 Å². The van der Waals surface area contributed by atoms with Crippen molar-refractivity contribution in [3.8, 4) is 17.1 Å². The summed E-state index contributed by atoms with van der Waals surface area (Å²) in [6.45, 7) is 1.63. The molecule has 1 amide bonds. The van der Waals surface area contributed by atoms with Crippen LogP contribution in [0.4, 0.5) is 11.6 Å². The Morgan fingerprint density at radius 1 is 1.36 bits per heavy atom. The molecule has 3 aromatic heterocycles. The van der Waals surface area contributed by atoms with E-state index < -0.39 is 0 Å². The smallest absolute Gasteiger partial charge is 0.257 e. The van der Waals surface area contributed by atoms with Gasteiger partial charge < -0.3 is 30.2 Å². The predicted octanol–water partition coefficient (Wildman–Crippen LogP) is 0.699. The van der Waals surface area contributed by atoms with Gasteiger partial charge in [0.1, 0.15) is 12.3 Å². The number of nitrogen functional groups attached to an aromatic ring is 1. The highest BCUT2D eigenvalue weighted by molar-refractivity contribution is 5.94. The number of pyridine rings is 1. The highest BCUT2D eigenvalue weighted by atomic mass is 16.5. The van der Waals surface area contributed by atoms with E-state index in [1.54, 1.807) is 19.5 Å². The van der Waals surface area contributed by atoms with E-state index in [2.05, 4.69) is 25.6 Å². The number of hydrogen-bond donors (Lipinski definition) is 3. The van der Waals surface area contributed by atoms with E-state index in [9.17, 15) is 4.79 Å². The monoisotopic (exact) mass is 383 g/mol. The molecule has 3 aromatic rings. The molecule has 28 heavy (non-hydrogen) atoms. The van der Waals surface area contributed by atoms with Crippen molar-refractivity contribution in [2.45, 2.75) is 12.5 Å². The topological polar surface area (TPSA) is 129 Å². The first-order valence-corrected chi connectivity index (χ1v) is 8.91. The molecule has 4 N–H and O–H groups in total. The molecule has 10 heteroatoms. The first-order valence-electron chi connectivity index (χ1n) is 8.91. The SMILES string of the molecule is COCCOc1nc(-c2ccc3nc(NC(=O)C4CCN4)cn3c2)cnc1N. The van der Waals surface area contributed by atoms with E-state index in [4.69, 9.17) is 15.2 Å². The summed E-state index contributed by atoms with van der Waals surface area (Å²) in [5.74, 6) is 0.916. The molecule has 10 nitrogen and oxygen atoms in total. The van der Waals surface area contributed by atoms with Gasteiger partial charge in [-0.05, 0) is 25.1 Å². The molecule has 0 aliphatic carbocycles. The van der Waals surface area contributed by atoms with Gasteiger partial charge in [0, 0.05) is 18.9 Å². The van der Waals surface area contributed by atoms with Gasteiger partial charge in [0.05, 0.1) is 30.7 Å². The third-order valence-electron chi connectivity index (χ3n) is 4.43. The average molecular weight is 383 g/mol. The maximum atomic E-state index is 12.1. The van der Waals surface area contributed by atoms with Crippen LogP contribution in [-0.2, 0) is 9.53 Å². The number of anilines is 2. The van der Waals surface area contributed by atoms with Crippen molar-refractivity contribution in [3.05, 3.63) is 30.7 Å². The minimum Gasteiger partial charge on any atom is -0.473 e. The normalized spacial score (nSPS) is 16.0. The van der Waals surface area contributed by atoms with Crippen LogP contribution in [0.25, 0.3) is 16.9 Å². The van der Waals surface area contributed by atoms with E-state index in [1.807, 2.05) is 22.7 Å². The quantitative estimate of drug-likeness (QED) is 0.509. The second-order valence-electron chi connectivity index (χ2n) is 6.38. The van der Waals surface area contributed by atoms with Crippen LogP contribution in [0.5, 0.6) is 5.88 Å². The molecule has 0 spiro atoms. The highest BCUT2D eigenvalue weighted by Crippen LogP contribution is 2.24. The van der Waals surface area contributed by atoms with Gasteiger partial charge in [0.15, 0.2) is 11.6 Å². The summed E-state index contributed by atoms with van der Waals surface area (Å²) in [5.41, 5.74) is 7.96. The molecule has 1 saturated heterocycles. The van der Waals surface area contributed by atoms with Crippen LogP contribution in [0.1, 0.15) is 6.42 Å². The Morgan fingerprint density at radius 2 is 2.21 bits per heavy atom. The van der Waals surface area contributed by atoms with Gasteiger partial charge in [-0.3, -0.25) is 4.79 Å². The Labute approximate surface area is 161 Å². The van der Waals surface area contributed by atoms with Crippen molar-refractivity contribution in [2.75, 3.05) is 37.9 Å². The Hall–Kier alpha value is -3.24. The number of carbonyl (C=O) groups is 1. The fourth-order valence-electron chi connectivity index (χ4n) is 2.78. The van der Waals surface area contributed by atoms with Crippen LogP contribution >= 0.6 is 0 Å². The lowest BCUT2D eigenvalue weighted by atomic mass is 10.1. The number of fused-ring (bicyclic) bond motifs is 1. The lowest BCUT2D eigenvalue weighted by molar-refractivity contribution is -0.119. The predicted molar refractivity (Wildman–Crippen MR) is 103 cm³/mol. The standard InChI is InChI=1S/C18H21N7O3/c1-27-6-7-28-18-16(19)21-8-13(22-18)11-2-3-15-23-14(10-25(15)9-11)24-17(26)12-4-5-20-12/h2-3,8-10,12,20H,4-7H2,1H3,(H2,19,21)(H,24,26). The lowest BCUT2D eigenvalue weighted by Crippen LogP contribution is -2.50. The number of aromatic nitrogens is 4. The van der Waals surface area contributed by atoms with E-state index in [0.29, 0.717) is 30.4 Å². The Kier molecular flexibility index (Phi) is 5.04. The van der Waals surface area contributed by atoms with Crippen LogP contribution in [0, 0.1) is 0 Å². The zero-order valence-corrected chi connectivity index (χ0v) is 15.4. The fourth-order valence-corrected chi connectivity index (χ4v) is 2.78. The first-order chi connectivity index (χ1) is 13.6. The second-order valence-corrected chi connectivity index (χ2v) is 6.38. The maximum Gasteiger partial charge on any atom is 0.257 e. The zero-order chi connectivity index (χ0) is 19.5. The number of ether oxygens (including phenoxy) is 2. The third kappa shape index (κ3) is 3.73. The number of nitrogens with one attached hydrogen (secondary N) is 2. The van der Waals surface area contributed by atoms with Gasteiger partial charge in [-0.1, -0.05) is 0 Å². The molecule has 1 unspecified atom stereocenters. The Morgan fingerprint density at radius 3 is 2.96 bits per heavy atom. The van der Waals surface area contributed by atoms with Gasteiger partial charge in [-0.2, -0.15) is 0 Å². The van der Waals surface area contributed by atoms with Gasteiger partial charge in [-0.15, -0.1) is 0 Å². The number of nitrogens with two attached hydrogens (primary N) is 1. The Bertz CT molecular complexity index is 1000. The number of carbonyl (C=O) groups excluding carboxylic acids is 1. The summed E-state index contributed by atoms with van der Waals surface area (Å²) < 4.78 is 12.3. The molecule has 1 fully saturated rings. The molecule has 0 saturated carbocycles. The van der Waals surface area contributed by atoms with Crippen LogP contribution in [0.3, 0.4) is 0 Å². The Balaban J connectivity index is 1.55. The molecule has 0 bridgehead atoms. The number of hydrogen-bond acceptors (Lipinski definition) is 8. The van der Waals surface area contributed by atoms with E-state index in [-0.39, 0.29) is 23.6 Å². The van der Waals surface area contributed by atoms with E-state index >= 15 is 0 Å². The molecule has 0 aromatic carbocycles. The van der Waals surface area contributed by atoms with Crippen molar-refractivity contribution in [3.63, 3.8) is 0 Å². The molecule has 0 radical (unpaired) electrons. The number of amides is 1. The molecular weight excluding hydrogens is 362 g/mol. The molecule has 4 heterocycles. The van der Waals surface area contributed by atoms with Crippen molar-refractivity contribution >= 4 is 23.2 Å². The van der Waals surface area contributed by atoms with Crippen LogP contribution < -0.4 is 21.1 Å². The summed E-state index contributed by atoms with van der Waals surface area (Å²) in [5, 5.41) is 5.89. The van der Waals surface area contributed by atoms with Gasteiger partial charge in [-0.25, -0.2) is 15.0 Å². The fraction of sp³-hybridized carbons (Fsp3) is 0.333. The number of nitrogens with zero attached hydrogens (tertiary/aromatic N) is 4. The van der Waals surface area contributed by atoms with Gasteiger partial charge in [0.2, 0.25) is 5.91 Å². The number of rotatable bonds is 7. The minimum absolute atomic E-state index is 0.0721. The largest absolute Gasteiger partial charge is 0.473 e. The summed E-state index contributed by atoms with van der Waals surface area (Å²) in [6, 6.07) is 3.58. The zero-order valence-electron chi connectivity index (χ0n) is 15.4. The van der Waals surface area contributed by atoms with Crippen molar-refractivity contribution < 1.29 is 14.3 Å². The van der Waals surface area contributed by atoms with Crippen molar-refractivity contribution in [2.24, 2.45) is 0 Å². The number of methoxy groups -OCH3 is 1. The summed E-state index contributed by atoms with van der Waals surface area (Å²) in [7, 11) is 1.59. The summed E-state index contributed by atoms with van der Waals surface area (Å²) in [6.07, 6.45) is 6.05. The van der Waals surface area contributed by atoms with Crippen LogP contribution in [0.15, 0.2) is 30.7 Å². The van der Waals surface area contributed by atoms with E-state index in [0.717, 1.165) is 18.5 Å². The van der Waals surface area contributed by atoms with E-state index in [1.165, 1.54) is 0 Å². The number of imidazole rings is 1. The van der Waals surface area contributed by atoms with Crippen LogP contribution in [0.2, 0.25) is 0 Å². The van der Waals surface area contributed by atoms with Crippen LogP contribution in [-0.4, -0.2) is 58.2 Å². The highest BCUT2D eigenvalue weighted by Gasteiger charge is 2.24. The lowest BCUT2D eigenvalue weighted by Gasteiger charge is -2.25. The first kappa shape index (κ1) is 18.1. The third-order valence-corrected chi connectivity index (χ3v) is 4.43. The summed E-state index contributed by atoms with van der Waals surface area (Å²) >= 11 is 0. The van der Waals surface area contributed by atoms with Gasteiger partial charge in [0.25, 0.3) is 5.88 Å². The molecule has 146 valence electrons. The van der Waals surface area contributed by atoms with Crippen molar-refractivity contribution in [1.29, 1.82) is 0 Å². The minimum atomic E-state index is -0.137. The molecule has 1 aliphatic heterocycles. The molecular formula is C18H21N7O3. The maximum absolute atomic E-state index is 12.1.